The molecule has 1 amide bonds. The minimum Gasteiger partial charge on any atom is -0.385 e. The fraction of sp³-hybridized carbons (Fsp3) is 0.263. The predicted molar refractivity (Wildman–Crippen MR) is 97.7 cm³/mol. The SMILES string of the molecule is COCCCN1C(=O)c2n[nH]c(-c3cccs3)c2C1c1ccccc1F. The first-order valence-corrected chi connectivity index (χ1v) is 9.26. The number of hydrogen-bond acceptors (Lipinski definition) is 4. The zero-order valence-electron chi connectivity index (χ0n) is 14.2. The van der Waals surface area contributed by atoms with E-state index in [9.17, 15) is 9.18 Å². The zero-order chi connectivity index (χ0) is 18.1. The molecule has 1 unspecified atom stereocenters. The molecule has 7 heteroatoms. The average Bonchev–Trinajstić information content (AvgIpc) is 3.35. The van der Waals surface area contributed by atoms with E-state index in [-0.39, 0.29) is 11.7 Å². The maximum Gasteiger partial charge on any atom is 0.275 e. The van der Waals surface area contributed by atoms with Crippen LogP contribution in [0.5, 0.6) is 0 Å². The molecule has 0 radical (unpaired) electrons. The Hall–Kier alpha value is -2.51. The third-order valence-electron chi connectivity index (χ3n) is 4.57. The van der Waals surface area contributed by atoms with Crippen LogP contribution < -0.4 is 0 Å². The molecular weight excluding hydrogens is 353 g/mol. The van der Waals surface area contributed by atoms with Gasteiger partial charge in [0, 0.05) is 31.4 Å². The van der Waals surface area contributed by atoms with E-state index >= 15 is 0 Å². The first kappa shape index (κ1) is 16.9. The molecule has 2 aromatic heterocycles. The highest BCUT2D eigenvalue weighted by Crippen LogP contribution is 2.44. The summed E-state index contributed by atoms with van der Waals surface area (Å²) in [6.45, 7) is 1.02. The van der Waals surface area contributed by atoms with Crippen LogP contribution in [0.1, 0.15) is 34.1 Å². The number of methoxy groups -OCH3 is 1. The van der Waals surface area contributed by atoms with Crippen LogP contribution in [-0.4, -0.2) is 41.3 Å². The maximum atomic E-state index is 14.6. The lowest BCUT2D eigenvalue weighted by molar-refractivity contribution is 0.0721. The lowest BCUT2D eigenvalue weighted by Crippen LogP contribution is -2.31. The number of benzene rings is 1. The minimum absolute atomic E-state index is 0.177. The second-order valence-corrected chi connectivity index (χ2v) is 7.05. The Bertz CT molecular complexity index is 923. The number of nitrogens with zero attached hydrogens (tertiary/aromatic N) is 2. The van der Waals surface area contributed by atoms with Gasteiger partial charge in [-0.25, -0.2) is 4.39 Å². The van der Waals surface area contributed by atoms with Crippen LogP contribution in [0.4, 0.5) is 4.39 Å². The number of carbonyl (C=O) groups is 1. The summed E-state index contributed by atoms with van der Waals surface area (Å²) >= 11 is 1.56. The van der Waals surface area contributed by atoms with Gasteiger partial charge in [0.15, 0.2) is 5.69 Å². The van der Waals surface area contributed by atoms with Crippen molar-refractivity contribution in [2.24, 2.45) is 0 Å². The molecule has 0 saturated carbocycles. The Kier molecular flexibility index (Phi) is 4.57. The highest BCUT2D eigenvalue weighted by Gasteiger charge is 2.43. The zero-order valence-corrected chi connectivity index (χ0v) is 15.1. The summed E-state index contributed by atoms with van der Waals surface area (Å²) in [6.07, 6.45) is 0.676. The van der Waals surface area contributed by atoms with Crippen LogP contribution in [0.15, 0.2) is 41.8 Å². The summed E-state index contributed by atoms with van der Waals surface area (Å²) < 4.78 is 19.7. The molecule has 26 heavy (non-hydrogen) atoms. The molecule has 0 bridgehead atoms. The van der Waals surface area contributed by atoms with Gasteiger partial charge in [-0.2, -0.15) is 5.10 Å². The second kappa shape index (κ2) is 7.01. The number of rotatable bonds is 6. The Morgan fingerprint density at radius 3 is 2.88 bits per heavy atom. The smallest absolute Gasteiger partial charge is 0.275 e. The van der Waals surface area contributed by atoms with Crippen molar-refractivity contribution in [3.05, 3.63) is 64.4 Å². The molecule has 0 saturated heterocycles. The second-order valence-electron chi connectivity index (χ2n) is 6.11. The molecule has 3 aromatic rings. The molecule has 1 N–H and O–H groups in total. The monoisotopic (exact) mass is 371 g/mol. The van der Waals surface area contributed by atoms with Gasteiger partial charge in [0.1, 0.15) is 5.82 Å². The van der Waals surface area contributed by atoms with Crippen molar-refractivity contribution in [1.29, 1.82) is 0 Å². The molecule has 0 aliphatic carbocycles. The van der Waals surface area contributed by atoms with Gasteiger partial charge in [-0.1, -0.05) is 24.3 Å². The van der Waals surface area contributed by atoms with Crippen LogP contribution in [0.25, 0.3) is 10.6 Å². The fourth-order valence-corrected chi connectivity index (χ4v) is 4.16. The van der Waals surface area contributed by atoms with Crippen LogP contribution in [0, 0.1) is 5.82 Å². The van der Waals surface area contributed by atoms with Crippen LogP contribution in [0.2, 0.25) is 0 Å². The van der Waals surface area contributed by atoms with Crippen molar-refractivity contribution in [3.63, 3.8) is 0 Å². The Balaban J connectivity index is 1.83. The van der Waals surface area contributed by atoms with Gasteiger partial charge in [-0.3, -0.25) is 9.89 Å². The molecule has 0 spiro atoms. The number of carbonyl (C=O) groups excluding carboxylic acids is 1. The number of fused-ring (bicyclic) bond motifs is 1. The largest absolute Gasteiger partial charge is 0.385 e. The molecule has 0 fully saturated rings. The van der Waals surface area contributed by atoms with E-state index in [4.69, 9.17) is 4.74 Å². The number of aromatic nitrogens is 2. The number of thiophene rings is 1. The number of amides is 1. The third-order valence-corrected chi connectivity index (χ3v) is 5.45. The quantitative estimate of drug-likeness (QED) is 0.670. The summed E-state index contributed by atoms with van der Waals surface area (Å²) in [7, 11) is 1.63. The highest BCUT2D eigenvalue weighted by atomic mass is 32.1. The summed E-state index contributed by atoms with van der Waals surface area (Å²) in [4.78, 5) is 15.6. The summed E-state index contributed by atoms with van der Waals surface area (Å²) in [6, 6.07) is 10.0. The summed E-state index contributed by atoms with van der Waals surface area (Å²) in [5.74, 6) is -0.503. The molecule has 1 atom stereocenters. The molecule has 5 nitrogen and oxygen atoms in total. The molecular formula is C19H18FN3O2S. The average molecular weight is 371 g/mol. The molecule has 1 aliphatic heterocycles. The van der Waals surface area contributed by atoms with Gasteiger partial charge in [-0.15, -0.1) is 11.3 Å². The number of nitrogens with one attached hydrogen (secondary N) is 1. The van der Waals surface area contributed by atoms with E-state index in [1.165, 1.54) is 6.07 Å². The van der Waals surface area contributed by atoms with Crippen molar-refractivity contribution >= 4 is 17.2 Å². The van der Waals surface area contributed by atoms with Gasteiger partial charge < -0.3 is 9.64 Å². The van der Waals surface area contributed by atoms with Gasteiger partial charge >= 0.3 is 0 Å². The normalized spacial score (nSPS) is 16.3. The number of aromatic amines is 1. The Labute approximate surface area is 154 Å². The number of halogens is 1. The maximum absolute atomic E-state index is 14.6. The lowest BCUT2D eigenvalue weighted by atomic mass is 9.97. The standard InChI is InChI=1S/C19H18FN3O2S/c1-25-10-5-9-23-18(12-6-2-3-7-13(12)20)15-16(14-8-4-11-26-14)21-22-17(15)19(23)24/h2-4,6-8,11,18H,5,9-10H2,1H3,(H,21,22). The molecule has 134 valence electrons. The van der Waals surface area contributed by atoms with Gasteiger partial charge in [-0.05, 0) is 23.9 Å². The van der Waals surface area contributed by atoms with E-state index in [0.29, 0.717) is 30.8 Å². The van der Waals surface area contributed by atoms with Crippen molar-refractivity contribution in [3.8, 4) is 10.6 Å². The molecule has 1 aliphatic rings. The lowest BCUT2D eigenvalue weighted by Gasteiger charge is -2.26. The van der Waals surface area contributed by atoms with Crippen LogP contribution >= 0.6 is 11.3 Å². The van der Waals surface area contributed by atoms with E-state index < -0.39 is 6.04 Å². The van der Waals surface area contributed by atoms with Gasteiger partial charge in [0.25, 0.3) is 5.91 Å². The molecule has 4 rings (SSSR count). The first-order valence-electron chi connectivity index (χ1n) is 8.39. The Morgan fingerprint density at radius 2 is 2.15 bits per heavy atom. The summed E-state index contributed by atoms with van der Waals surface area (Å²) in [5, 5.41) is 9.20. The first-order chi connectivity index (χ1) is 12.7. The highest BCUT2D eigenvalue weighted by molar-refractivity contribution is 7.13. The van der Waals surface area contributed by atoms with Crippen LogP contribution in [-0.2, 0) is 4.74 Å². The van der Waals surface area contributed by atoms with E-state index in [1.54, 1.807) is 41.5 Å². The fourth-order valence-electron chi connectivity index (χ4n) is 3.43. The minimum atomic E-state index is -0.494. The van der Waals surface area contributed by atoms with E-state index in [2.05, 4.69) is 10.2 Å². The van der Waals surface area contributed by atoms with E-state index in [0.717, 1.165) is 16.1 Å². The number of hydrogen-bond donors (Lipinski definition) is 1. The van der Waals surface area contributed by atoms with Crippen LogP contribution in [0.3, 0.4) is 0 Å². The van der Waals surface area contributed by atoms with E-state index in [1.807, 2.05) is 17.5 Å². The molecule has 1 aromatic carbocycles. The Morgan fingerprint density at radius 1 is 1.31 bits per heavy atom. The number of ether oxygens (including phenoxy) is 1. The van der Waals surface area contributed by atoms with Gasteiger partial charge in [0.05, 0.1) is 16.6 Å². The molecule has 3 heterocycles. The van der Waals surface area contributed by atoms with Crippen molar-refractivity contribution in [1.82, 2.24) is 15.1 Å². The predicted octanol–water partition coefficient (Wildman–Crippen LogP) is 3.86. The summed E-state index contributed by atoms with van der Waals surface area (Å²) in [5.41, 5.74) is 2.39. The van der Waals surface area contributed by atoms with Crippen molar-refractivity contribution in [2.75, 3.05) is 20.3 Å². The third kappa shape index (κ3) is 2.73. The van der Waals surface area contributed by atoms with Crippen molar-refractivity contribution in [2.45, 2.75) is 12.5 Å². The number of H-pyrrole nitrogens is 1. The van der Waals surface area contributed by atoms with Gasteiger partial charge in [0.2, 0.25) is 0 Å². The topological polar surface area (TPSA) is 58.2 Å². The van der Waals surface area contributed by atoms with Crippen molar-refractivity contribution < 1.29 is 13.9 Å².